The Morgan fingerprint density at radius 2 is 1.50 bits per heavy atom. The maximum absolute atomic E-state index is 13.0. The first kappa shape index (κ1) is 26.4. The third-order valence-electron chi connectivity index (χ3n) is 5.52. The summed E-state index contributed by atoms with van der Waals surface area (Å²) in [5, 5.41) is 5.41. The van der Waals surface area contributed by atoms with Crippen LogP contribution in [0.4, 0.5) is 17.1 Å². The van der Waals surface area contributed by atoms with Gasteiger partial charge in [-0.15, -0.1) is 0 Å². The van der Waals surface area contributed by atoms with Crippen molar-refractivity contribution >= 4 is 52.4 Å². The molecule has 1 heterocycles. The van der Waals surface area contributed by atoms with Crippen LogP contribution < -0.4 is 20.3 Å². The largest absolute Gasteiger partial charge is 0.492 e. The highest BCUT2D eigenvalue weighted by atomic mass is 35.5. The number of para-hydroxylation sites is 2. The molecular formula is C28H24ClN3O6. The van der Waals surface area contributed by atoms with Crippen LogP contribution in [0.5, 0.6) is 5.75 Å². The number of nitrogens with zero attached hydrogens (tertiary/aromatic N) is 1. The molecule has 2 N–H and O–H groups in total. The molecular weight excluding hydrogens is 510 g/mol. The fourth-order valence-electron chi connectivity index (χ4n) is 3.70. The van der Waals surface area contributed by atoms with Crippen molar-refractivity contribution in [3.8, 4) is 5.75 Å². The van der Waals surface area contributed by atoms with Gasteiger partial charge in [-0.3, -0.25) is 14.4 Å². The Kier molecular flexibility index (Phi) is 8.08. The average molecular weight is 534 g/mol. The second kappa shape index (κ2) is 11.6. The number of hydrogen-bond acceptors (Lipinski definition) is 7. The topological polar surface area (TPSA) is 114 Å². The smallest absolute Gasteiger partial charge is 0.338 e. The normalized spacial score (nSPS) is 13.0. The number of anilines is 3. The Morgan fingerprint density at radius 3 is 2.16 bits per heavy atom. The number of carbonyl (C=O) groups is 4. The minimum Gasteiger partial charge on any atom is -0.492 e. The van der Waals surface area contributed by atoms with Crippen LogP contribution in [-0.2, 0) is 14.3 Å². The lowest BCUT2D eigenvalue weighted by Crippen LogP contribution is -2.32. The van der Waals surface area contributed by atoms with E-state index in [0.29, 0.717) is 29.3 Å². The van der Waals surface area contributed by atoms with Crippen LogP contribution in [0.1, 0.15) is 34.6 Å². The number of ether oxygens (including phenoxy) is 2. The van der Waals surface area contributed by atoms with E-state index in [2.05, 4.69) is 10.6 Å². The molecule has 10 heteroatoms. The Labute approximate surface area is 224 Å². The van der Waals surface area contributed by atoms with Crippen molar-refractivity contribution in [3.05, 3.63) is 94.7 Å². The third kappa shape index (κ3) is 5.52. The van der Waals surface area contributed by atoms with E-state index < -0.39 is 17.8 Å². The van der Waals surface area contributed by atoms with E-state index in [1.165, 1.54) is 24.3 Å². The van der Waals surface area contributed by atoms with E-state index in [1.807, 2.05) is 13.0 Å². The predicted octanol–water partition coefficient (Wildman–Crippen LogP) is 4.95. The lowest BCUT2D eigenvalue weighted by atomic mass is 10.1. The van der Waals surface area contributed by atoms with Gasteiger partial charge in [-0.05, 0) is 74.5 Å². The first-order valence-corrected chi connectivity index (χ1v) is 12.2. The molecule has 0 unspecified atom stereocenters. The van der Waals surface area contributed by atoms with Gasteiger partial charge in [-0.25, -0.2) is 9.69 Å². The van der Waals surface area contributed by atoms with Crippen molar-refractivity contribution in [2.75, 3.05) is 28.7 Å². The number of esters is 1. The van der Waals surface area contributed by atoms with E-state index in [1.54, 1.807) is 49.4 Å². The van der Waals surface area contributed by atoms with Gasteiger partial charge in [-0.1, -0.05) is 23.7 Å². The van der Waals surface area contributed by atoms with Crippen LogP contribution in [0.15, 0.2) is 83.5 Å². The van der Waals surface area contributed by atoms with E-state index in [9.17, 15) is 19.2 Å². The van der Waals surface area contributed by atoms with Crippen molar-refractivity contribution in [1.29, 1.82) is 0 Å². The van der Waals surface area contributed by atoms with Gasteiger partial charge in [0.1, 0.15) is 16.5 Å². The molecule has 0 aromatic heterocycles. The number of halogens is 1. The molecule has 1 aliphatic rings. The summed E-state index contributed by atoms with van der Waals surface area (Å²) in [7, 11) is 0. The highest BCUT2D eigenvalue weighted by molar-refractivity contribution is 6.53. The molecule has 0 aliphatic carbocycles. The third-order valence-corrected chi connectivity index (χ3v) is 5.87. The van der Waals surface area contributed by atoms with Gasteiger partial charge in [-0.2, -0.15) is 0 Å². The first-order valence-electron chi connectivity index (χ1n) is 11.8. The summed E-state index contributed by atoms with van der Waals surface area (Å²) in [6.07, 6.45) is 0. The maximum atomic E-state index is 13.0. The number of carbonyl (C=O) groups excluding carboxylic acids is 4. The molecule has 0 saturated heterocycles. The summed E-state index contributed by atoms with van der Waals surface area (Å²) >= 11 is 6.21. The van der Waals surface area contributed by atoms with E-state index >= 15 is 0 Å². The van der Waals surface area contributed by atoms with Crippen molar-refractivity contribution in [3.63, 3.8) is 0 Å². The summed E-state index contributed by atoms with van der Waals surface area (Å²) in [6.45, 7) is 4.24. The zero-order valence-electron chi connectivity index (χ0n) is 20.6. The first-order chi connectivity index (χ1) is 18.3. The van der Waals surface area contributed by atoms with E-state index in [-0.39, 0.29) is 34.5 Å². The number of benzene rings is 3. The molecule has 38 heavy (non-hydrogen) atoms. The fraction of sp³-hybridized carbons (Fsp3) is 0.143. The van der Waals surface area contributed by atoms with Gasteiger partial charge in [0.2, 0.25) is 0 Å². The predicted molar refractivity (Wildman–Crippen MR) is 143 cm³/mol. The van der Waals surface area contributed by atoms with Crippen LogP contribution in [0.25, 0.3) is 0 Å². The van der Waals surface area contributed by atoms with Crippen LogP contribution >= 0.6 is 11.6 Å². The number of amides is 3. The van der Waals surface area contributed by atoms with Gasteiger partial charge < -0.3 is 20.1 Å². The molecule has 3 aromatic rings. The zero-order chi connectivity index (χ0) is 27.2. The number of nitrogens with one attached hydrogen (secondary N) is 2. The quantitative estimate of drug-likeness (QED) is 0.295. The molecule has 0 atom stereocenters. The summed E-state index contributed by atoms with van der Waals surface area (Å²) in [5.74, 6) is -1.64. The lowest BCUT2D eigenvalue weighted by Gasteiger charge is -2.15. The Bertz CT molecular complexity index is 1420. The zero-order valence-corrected chi connectivity index (χ0v) is 21.4. The maximum Gasteiger partial charge on any atom is 0.338 e. The van der Waals surface area contributed by atoms with Crippen molar-refractivity contribution < 1.29 is 28.7 Å². The van der Waals surface area contributed by atoms with Gasteiger partial charge in [0.25, 0.3) is 17.7 Å². The number of imide groups is 1. The van der Waals surface area contributed by atoms with Crippen molar-refractivity contribution in [1.82, 2.24) is 0 Å². The van der Waals surface area contributed by atoms with E-state index in [0.717, 1.165) is 4.90 Å². The van der Waals surface area contributed by atoms with Gasteiger partial charge in [0.15, 0.2) is 0 Å². The molecule has 1 aliphatic heterocycles. The minimum atomic E-state index is -0.702. The van der Waals surface area contributed by atoms with Gasteiger partial charge >= 0.3 is 5.97 Å². The molecule has 3 amide bonds. The Morgan fingerprint density at radius 1 is 0.842 bits per heavy atom. The van der Waals surface area contributed by atoms with E-state index in [4.69, 9.17) is 21.1 Å². The van der Waals surface area contributed by atoms with Gasteiger partial charge in [0, 0.05) is 11.3 Å². The molecule has 0 fully saturated rings. The highest BCUT2D eigenvalue weighted by Crippen LogP contribution is 2.31. The molecule has 0 saturated carbocycles. The molecule has 0 bridgehead atoms. The van der Waals surface area contributed by atoms with Crippen LogP contribution in [0.2, 0.25) is 0 Å². The molecule has 0 spiro atoms. The summed E-state index contributed by atoms with van der Waals surface area (Å²) in [5.41, 5.74) is 1.81. The number of hydrogen-bond donors (Lipinski definition) is 2. The molecule has 0 radical (unpaired) electrons. The average Bonchev–Trinajstić information content (AvgIpc) is 3.13. The Hall–Kier alpha value is -4.63. The van der Waals surface area contributed by atoms with Crippen molar-refractivity contribution in [2.45, 2.75) is 13.8 Å². The summed E-state index contributed by atoms with van der Waals surface area (Å²) in [4.78, 5) is 51.3. The van der Waals surface area contributed by atoms with Gasteiger partial charge in [0.05, 0.1) is 30.2 Å². The van der Waals surface area contributed by atoms with Crippen LogP contribution in [-0.4, -0.2) is 36.9 Å². The minimum absolute atomic E-state index is 0.103. The molecule has 9 nitrogen and oxygen atoms in total. The number of rotatable bonds is 9. The standard InChI is InChI=1S/C28H24ClN3O6/c1-3-37-22-8-6-5-7-21(22)31-25(33)17-9-13-19(14-10-17)30-24-23(29)26(34)32(27(24)35)20-15-11-18(12-16-20)28(36)38-4-2/h5-16,30H,3-4H2,1-2H3,(H,31,33). The molecule has 4 rings (SSSR count). The summed E-state index contributed by atoms with van der Waals surface area (Å²) in [6, 6.07) is 19.3. The second-order valence-corrected chi connectivity index (χ2v) is 8.37. The fourth-order valence-corrected chi connectivity index (χ4v) is 3.91. The molecule has 194 valence electrons. The van der Waals surface area contributed by atoms with Crippen molar-refractivity contribution in [2.24, 2.45) is 0 Å². The van der Waals surface area contributed by atoms with Crippen LogP contribution in [0.3, 0.4) is 0 Å². The second-order valence-electron chi connectivity index (χ2n) is 7.99. The SMILES string of the molecule is CCOC(=O)c1ccc(N2C(=O)C(Cl)=C(Nc3ccc(C(=O)Nc4ccccc4OCC)cc3)C2=O)cc1. The molecule has 3 aromatic carbocycles. The lowest BCUT2D eigenvalue weighted by molar-refractivity contribution is -0.120. The Balaban J connectivity index is 1.45. The highest BCUT2D eigenvalue weighted by Gasteiger charge is 2.39. The van der Waals surface area contributed by atoms with Crippen LogP contribution in [0, 0.1) is 0 Å². The summed E-state index contributed by atoms with van der Waals surface area (Å²) < 4.78 is 10.5. The monoisotopic (exact) mass is 533 g/mol.